The Morgan fingerprint density at radius 2 is 2.40 bits per heavy atom. The van der Waals surface area contributed by atoms with Crippen LogP contribution in [0.25, 0.3) is 0 Å². The normalized spacial score (nSPS) is 20.5. The maximum atomic E-state index is 13.3. The first kappa shape index (κ1) is 10.9. The van der Waals surface area contributed by atoms with Crippen molar-refractivity contribution < 1.29 is 9.13 Å². The molecule has 1 aromatic carbocycles. The van der Waals surface area contributed by atoms with Crippen LogP contribution in [-0.4, -0.2) is 19.3 Å². The first-order valence-corrected chi connectivity index (χ1v) is 5.85. The summed E-state index contributed by atoms with van der Waals surface area (Å²) >= 11 is 3.31. The van der Waals surface area contributed by atoms with Crippen molar-refractivity contribution in [1.29, 1.82) is 0 Å². The molecule has 15 heavy (non-hydrogen) atoms. The molecular weight excluding hydrogens is 261 g/mol. The molecule has 1 fully saturated rings. The standard InChI is InChI=1S/C11H13BrFNO/c12-8-3-4-10(13)11(6-8)14-7-9-2-1-5-15-9/h3-4,6,9,14H,1-2,5,7H2. The maximum absolute atomic E-state index is 13.3. The van der Waals surface area contributed by atoms with Gasteiger partial charge in [-0.1, -0.05) is 15.9 Å². The molecule has 0 bridgehead atoms. The SMILES string of the molecule is Fc1ccc(Br)cc1NCC1CCCO1. The molecule has 1 aliphatic rings. The Morgan fingerprint density at radius 1 is 1.53 bits per heavy atom. The van der Waals surface area contributed by atoms with E-state index < -0.39 is 0 Å². The molecule has 1 heterocycles. The van der Waals surface area contributed by atoms with Crippen molar-refractivity contribution in [3.63, 3.8) is 0 Å². The van der Waals surface area contributed by atoms with Crippen LogP contribution in [-0.2, 0) is 4.74 Å². The third kappa shape index (κ3) is 2.92. The van der Waals surface area contributed by atoms with E-state index in [0.29, 0.717) is 12.2 Å². The lowest BCUT2D eigenvalue weighted by Crippen LogP contribution is -2.18. The van der Waals surface area contributed by atoms with E-state index in [1.807, 2.05) is 0 Å². The molecule has 1 N–H and O–H groups in total. The predicted molar refractivity (Wildman–Crippen MR) is 61.6 cm³/mol. The van der Waals surface area contributed by atoms with Crippen molar-refractivity contribution in [3.05, 3.63) is 28.5 Å². The second-order valence-electron chi connectivity index (χ2n) is 3.64. The minimum atomic E-state index is -0.226. The lowest BCUT2D eigenvalue weighted by molar-refractivity contribution is 0.120. The summed E-state index contributed by atoms with van der Waals surface area (Å²) in [5, 5.41) is 3.07. The van der Waals surface area contributed by atoms with E-state index in [1.54, 1.807) is 12.1 Å². The highest BCUT2D eigenvalue weighted by Gasteiger charge is 2.15. The Kier molecular flexibility index (Phi) is 3.59. The van der Waals surface area contributed by atoms with E-state index in [4.69, 9.17) is 4.74 Å². The molecule has 0 aromatic heterocycles. The summed E-state index contributed by atoms with van der Waals surface area (Å²) in [7, 11) is 0. The zero-order valence-corrected chi connectivity index (χ0v) is 9.89. The molecule has 4 heteroatoms. The lowest BCUT2D eigenvalue weighted by atomic mass is 10.2. The van der Waals surface area contributed by atoms with Crippen molar-refractivity contribution in [3.8, 4) is 0 Å². The summed E-state index contributed by atoms with van der Waals surface area (Å²) in [6, 6.07) is 4.87. The van der Waals surface area contributed by atoms with Gasteiger partial charge >= 0.3 is 0 Å². The largest absolute Gasteiger partial charge is 0.380 e. The molecule has 0 aliphatic carbocycles. The second-order valence-corrected chi connectivity index (χ2v) is 4.56. The Labute approximate surface area is 96.9 Å². The number of benzene rings is 1. The van der Waals surface area contributed by atoms with Crippen LogP contribution in [0.1, 0.15) is 12.8 Å². The quantitative estimate of drug-likeness (QED) is 0.914. The van der Waals surface area contributed by atoms with E-state index in [-0.39, 0.29) is 11.9 Å². The number of nitrogens with one attached hydrogen (secondary N) is 1. The van der Waals surface area contributed by atoms with Gasteiger partial charge in [-0.2, -0.15) is 0 Å². The van der Waals surface area contributed by atoms with Crippen molar-refractivity contribution in [2.45, 2.75) is 18.9 Å². The summed E-state index contributed by atoms with van der Waals surface area (Å²) in [4.78, 5) is 0. The van der Waals surface area contributed by atoms with Gasteiger partial charge in [-0.3, -0.25) is 0 Å². The fraction of sp³-hybridized carbons (Fsp3) is 0.455. The van der Waals surface area contributed by atoms with E-state index >= 15 is 0 Å². The molecule has 82 valence electrons. The topological polar surface area (TPSA) is 21.3 Å². The van der Waals surface area contributed by atoms with Crippen LogP contribution in [0.5, 0.6) is 0 Å². The third-order valence-electron chi connectivity index (χ3n) is 2.47. The summed E-state index contributed by atoms with van der Waals surface area (Å²) in [5.41, 5.74) is 0.528. The van der Waals surface area contributed by atoms with Gasteiger partial charge in [-0.25, -0.2) is 4.39 Å². The molecule has 1 atom stereocenters. The summed E-state index contributed by atoms with van der Waals surface area (Å²) < 4.78 is 19.6. The van der Waals surface area contributed by atoms with Crippen LogP contribution in [0, 0.1) is 5.82 Å². The molecular formula is C11H13BrFNO. The monoisotopic (exact) mass is 273 g/mol. The third-order valence-corrected chi connectivity index (χ3v) is 2.97. The van der Waals surface area contributed by atoms with Crippen LogP contribution in [0.4, 0.5) is 10.1 Å². The van der Waals surface area contributed by atoms with E-state index in [9.17, 15) is 4.39 Å². The number of halogens is 2. The Morgan fingerprint density at radius 3 is 3.13 bits per heavy atom. The van der Waals surface area contributed by atoms with Gasteiger partial charge in [0, 0.05) is 17.6 Å². The number of hydrogen-bond acceptors (Lipinski definition) is 2. The zero-order valence-electron chi connectivity index (χ0n) is 8.30. The molecule has 1 saturated heterocycles. The van der Waals surface area contributed by atoms with Gasteiger partial charge in [0.05, 0.1) is 11.8 Å². The van der Waals surface area contributed by atoms with Gasteiger partial charge in [0.25, 0.3) is 0 Å². The smallest absolute Gasteiger partial charge is 0.146 e. The van der Waals surface area contributed by atoms with Crippen LogP contribution in [0.3, 0.4) is 0 Å². The van der Waals surface area contributed by atoms with E-state index in [0.717, 1.165) is 23.9 Å². The molecule has 2 nitrogen and oxygen atoms in total. The fourth-order valence-electron chi connectivity index (χ4n) is 1.66. The van der Waals surface area contributed by atoms with Crippen LogP contribution < -0.4 is 5.32 Å². The lowest BCUT2D eigenvalue weighted by Gasteiger charge is -2.12. The number of ether oxygens (including phenoxy) is 1. The van der Waals surface area contributed by atoms with Crippen molar-refractivity contribution in [1.82, 2.24) is 0 Å². The predicted octanol–water partition coefficient (Wildman–Crippen LogP) is 3.18. The molecule has 1 aliphatic heterocycles. The maximum Gasteiger partial charge on any atom is 0.146 e. The van der Waals surface area contributed by atoms with Crippen LogP contribution in [0.2, 0.25) is 0 Å². The highest BCUT2D eigenvalue weighted by Crippen LogP contribution is 2.21. The first-order chi connectivity index (χ1) is 7.25. The molecule has 2 rings (SSSR count). The number of rotatable bonds is 3. The molecule has 0 saturated carbocycles. The average molecular weight is 274 g/mol. The molecule has 0 amide bonds. The minimum absolute atomic E-state index is 0.225. The van der Waals surface area contributed by atoms with Gasteiger partial charge in [0.15, 0.2) is 0 Å². The summed E-state index contributed by atoms with van der Waals surface area (Å²) in [6.07, 6.45) is 2.39. The molecule has 0 spiro atoms. The molecule has 0 radical (unpaired) electrons. The average Bonchev–Trinajstić information content (AvgIpc) is 2.72. The second kappa shape index (κ2) is 4.94. The van der Waals surface area contributed by atoms with Crippen LogP contribution in [0.15, 0.2) is 22.7 Å². The first-order valence-electron chi connectivity index (χ1n) is 5.06. The van der Waals surface area contributed by atoms with Gasteiger partial charge in [-0.15, -0.1) is 0 Å². The molecule has 1 aromatic rings. The highest BCUT2D eigenvalue weighted by atomic mass is 79.9. The fourth-order valence-corrected chi connectivity index (χ4v) is 2.02. The Hall–Kier alpha value is -0.610. The Bertz CT molecular complexity index is 339. The highest BCUT2D eigenvalue weighted by molar-refractivity contribution is 9.10. The van der Waals surface area contributed by atoms with Crippen LogP contribution >= 0.6 is 15.9 Å². The van der Waals surface area contributed by atoms with Crippen molar-refractivity contribution in [2.75, 3.05) is 18.5 Å². The van der Waals surface area contributed by atoms with E-state index in [2.05, 4.69) is 21.2 Å². The molecule has 1 unspecified atom stereocenters. The van der Waals surface area contributed by atoms with Gasteiger partial charge in [0.1, 0.15) is 5.82 Å². The van der Waals surface area contributed by atoms with Gasteiger partial charge in [0.2, 0.25) is 0 Å². The number of hydrogen-bond donors (Lipinski definition) is 1. The summed E-state index contributed by atoms with van der Waals surface area (Å²) in [5.74, 6) is -0.226. The Balaban J connectivity index is 1.94. The van der Waals surface area contributed by atoms with Crippen molar-refractivity contribution >= 4 is 21.6 Å². The zero-order chi connectivity index (χ0) is 10.7. The van der Waals surface area contributed by atoms with Crippen molar-refractivity contribution in [2.24, 2.45) is 0 Å². The van der Waals surface area contributed by atoms with Gasteiger partial charge in [-0.05, 0) is 31.0 Å². The van der Waals surface area contributed by atoms with Gasteiger partial charge < -0.3 is 10.1 Å². The number of anilines is 1. The minimum Gasteiger partial charge on any atom is -0.380 e. The summed E-state index contributed by atoms with van der Waals surface area (Å²) in [6.45, 7) is 1.50. The van der Waals surface area contributed by atoms with E-state index in [1.165, 1.54) is 6.07 Å².